The summed E-state index contributed by atoms with van der Waals surface area (Å²) < 4.78 is 12.9. The van der Waals surface area contributed by atoms with Crippen LogP contribution >= 0.6 is 0 Å². The Morgan fingerprint density at radius 3 is 1.76 bits per heavy atom. The third-order valence-corrected chi connectivity index (χ3v) is 3.68. The van der Waals surface area contributed by atoms with E-state index in [-0.39, 0.29) is 11.7 Å². The van der Waals surface area contributed by atoms with E-state index in [1.165, 1.54) is 24.3 Å². The van der Waals surface area contributed by atoms with Crippen LogP contribution in [0.15, 0.2) is 72.8 Å². The number of hydrogen-bond donors (Lipinski definition) is 2. The first-order valence-electron chi connectivity index (χ1n) is 7.60. The topological polar surface area (TPSA) is 72.2 Å². The van der Waals surface area contributed by atoms with E-state index in [4.69, 9.17) is 5.73 Å². The Balaban J connectivity index is 1.71. The number of benzene rings is 3. The maximum absolute atomic E-state index is 12.9. The number of carbonyl (C=O) groups excluding carboxylic acids is 2. The number of nitrogens with one attached hydrogen (secondary N) is 1. The van der Waals surface area contributed by atoms with Gasteiger partial charge >= 0.3 is 0 Å². The van der Waals surface area contributed by atoms with Gasteiger partial charge < -0.3 is 11.1 Å². The SMILES string of the molecule is Nc1ccc(C(=O)c2ccc(NC(=O)c3ccc(F)cc3)cc2)cc1. The van der Waals surface area contributed by atoms with Crippen LogP contribution in [0.2, 0.25) is 0 Å². The number of amides is 1. The smallest absolute Gasteiger partial charge is 0.255 e. The van der Waals surface area contributed by atoms with Crippen molar-refractivity contribution in [3.63, 3.8) is 0 Å². The molecule has 124 valence electrons. The van der Waals surface area contributed by atoms with Gasteiger partial charge in [-0.15, -0.1) is 0 Å². The molecule has 0 fully saturated rings. The zero-order valence-electron chi connectivity index (χ0n) is 13.2. The van der Waals surface area contributed by atoms with Crippen LogP contribution in [0.5, 0.6) is 0 Å². The summed E-state index contributed by atoms with van der Waals surface area (Å²) in [5.41, 5.74) is 8.15. The summed E-state index contributed by atoms with van der Waals surface area (Å²) >= 11 is 0. The van der Waals surface area contributed by atoms with Gasteiger partial charge in [0.05, 0.1) is 0 Å². The minimum absolute atomic E-state index is 0.128. The van der Waals surface area contributed by atoms with Crippen LogP contribution in [0.3, 0.4) is 0 Å². The van der Waals surface area contributed by atoms with E-state index in [2.05, 4.69) is 5.32 Å². The van der Waals surface area contributed by atoms with Crippen LogP contribution in [0.25, 0.3) is 0 Å². The predicted molar refractivity (Wildman–Crippen MR) is 95.1 cm³/mol. The molecule has 1 amide bonds. The summed E-state index contributed by atoms with van der Waals surface area (Å²) in [5.74, 6) is -0.879. The van der Waals surface area contributed by atoms with E-state index in [1.807, 2.05) is 0 Å². The van der Waals surface area contributed by atoms with Gasteiger partial charge in [0.25, 0.3) is 5.91 Å². The average Bonchev–Trinajstić information content (AvgIpc) is 2.63. The lowest BCUT2D eigenvalue weighted by atomic mass is 10.0. The molecule has 0 aliphatic carbocycles. The maximum atomic E-state index is 12.9. The van der Waals surface area contributed by atoms with E-state index in [0.29, 0.717) is 28.1 Å². The summed E-state index contributed by atoms with van der Waals surface area (Å²) in [6, 6.07) is 18.5. The van der Waals surface area contributed by atoms with Crippen molar-refractivity contribution >= 4 is 23.1 Å². The zero-order valence-corrected chi connectivity index (χ0v) is 13.2. The van der Waals surface area contributed by atoms with E-state index < -0.39 is 5.82 Å². The van der Waals surface area contributed by atoms with Crippen molar-refractivity contribution in [2.75, 3.05) is 11.1 Å². The van der Waals surface area contributed by atoms with Gasteiger partial charge in [-0.3, -0.25) is 9.59 Å². The summed E-state index contributed by atoms with van der Waals surface area (Å²) in [4.78, 5) is 24.5. The lowest BCUT2D eigenvalue weighted by Gasteiger charge is -2.07. The molecule has 5 heteroatoms. The minimum atomic E-state index is -0.401. The zero-order chi connectivity index (χ0) is 17.8. The van der Waals surface area contributed by atoms with Gasteiger partial charge in [0.15, 0.2) is 5.78 Å². The Bertz CT molecular complexity index is 902. The molecule has 0 saturated heterocycles. The van der Waals surface area contributed by atoms with Gasteiger partial charge in [0.1, 0.15) is 5.82 Å². The Morgan fingerprint density at radius 2 is 1.20 bits per heavy atom. The molecule has 3 N–H and O–H groups in total. The van der Waals surface area contributed by atoms with Crippen LogP contribution in [-0.4, -0.2) is 11.7 Å². The van der Waals surface area contributed by atoms with Crippen LogP contribution in [0.1, 0.15) is 26.3 Å². The molecule has 0 saturated carbocycles. The Labute approximate surface area is 144 Å². The molecule has 3 aromatic carbocycles. The van der Waals surface area contributed by atoms with Crippen molar-refractivity contribution in [3.05, 3.63) is 95.3 Å². The second-order valence-electron chi connectivity index (χ2n) is 5.49. The third kappa shape index (κ3) is 3.90. The predicted octanol–water partition coefficient (Wildman–Crippen LogP) is 3.89. The Morgan fingerprint density at radius 1 is 0.720 bits per heavy atom. The lowest BCUT2D eigenvalue weighted by molar-refractivity contribution is 0.102. The summed E-state index contributed by atoms with van der Waals surface area (Å²) in [7, 11) is 0. The standard InChI is InChI=1S/C20H15FN2O2/c21-16-7-1-15(2-8-16)20(25)23-18-11-5-14(6-12-18)19(24)13-3-9-17(22)10-4-13/h1-12H,22H2,(H,23,25). The van der Waals surface area contributed by atoms with Crippen LogP contribution in [0.4, 0.5) is 15.8 Å². The molecule has 0 aliphatic rings. The second-order valence-corrected chi connectivity index (χ2v) is 5.49. The highest BCUT2D eigenvalue weighted by Gasteiger charge is 2.10. The highest BCUT2D eigenvalue weighted by molar-refractivity contribution is 6.09. The number of halogens is 1. The van der Waals surface area contributed by atoms with Crippen molar-refractivity contribution in [2.24, 2.45) is 0 Å². The molecule has 0 unspecified atom stereocenters. The minimum Gasteiger partial charge on any atom is -0.399 e. The number of carbonyl (C=O) groups is 2. The monoisotopic (exact) mass is 334 g/mol. The fraction of sp³-hybridized carbons (Fsp3) is 0. The molecule has 4 nitrogen and oxygen atoms in total. The average molecular weight is 334 g/mol. The van der Waals surface area contributed by atoms with Crippen molar-refractivity contribution < 1.29 is 14.0 Å². The number of nitrogens with two attached hydrogens (primary N) is 1. The van der Waals surface area contributed by atoms with E-state index in [1.54, 1.807) is 48.5 Å². The molecule has 0 bridgehead atoms. The molecule has 0 spiro atoms. The quantitative estimate of drug-likeness (QED) is 0.561. The van der Waals surface area contributed by atoms with E-state index in [0.717, 1.165) is 0 Å². The van der Waals surface area contributed by atoms with Crippen LogP contribution in [-0.2, 0) is 0 Å². The number of nitrogen functional groups attached to an aromatic ring is 1. The van der Waals surface area contributed by atoms with Gasteiger partial charge in [-0.05, 0) is 72.8 Å². The van der Waals surface area contributed by atoms with Crippen LogP contribution < -0.4 is 11.1 Å². The number of anilines is 2. The molecular weight excluding hydrogens is 319 g/mol. The van der Waals surface area contributed by atoms with Gasteiger partial charge in [0, 0.05) is 28.1 Å². The van der Waals surface area contributed by atoms with Crippen molar-refractivity contribution in [1.82, 2.24) is 0 Å². The number of hydrogen-bond acceptors (Lipinski definition) is 3. The molecular formula is C20H15FN2O2. The molecule has 0 aliphatic heterocycles. The Kier molecular flexibility index (Phi) is 4.57. The first-order chi connectivity index (χ1) is 12.0. The fourth-order valence-electron chi connectivity index (χ4n) is 2.31. The molecule has 0 aromatic heterocycles. The molecule has 3 rings (SSSR count). The first kappa shape index (κ1) is 16.4. The largest absolute Gasteiger partial charge is 0.399 e. The normalized spacial score (nSPS) is 10.3. The van der Waals surface area contributed by atoms with Gasteiger partial charge in [-0.2, -0.15) is 0 Å². The number of ketones is 1. The fourth-order valence-corrected chi connectivity index (χ4v) is 2.31. The van der Waals surface area contributed by atoms with E-state index in [9.17, 15) is 14.0 Å². The molecule has 25 heavy (non-hydrogen) atoms. The number of rotatable bonds is 4. The summed E-state index contributed by atoms with van der Waals surface area (Å²) in [6.45, 7) is 0. The maximum Gasteiger partial charge on any atom is 0.255 e. The summed E-state index contributed by atoms with van der Waals surface area (Å²) in [5, 5.41) is 2.70. The molecule has 3 aromatic rings. The second kappa shape index (κ2) is 6.97. The molecule has 0 heterocycles. The van der Waals surface area contributed by atoms with Crippen molar-refractivity contribution in [2.45, 2.75) is 0 Å². The van der Waals surface area contributed by atoms with Gasteiger partial charge in [-0.1, -0.05) is 0 Å². The summed E-state index contributed by atoms with van der Waals surface area (Å²) in [6.07, 6.45) is 0. The van der Waals surface area contributed by atoms with Crippen molar-refractivity contribution in [1.29, 1.82) is 0 Å². The highest BCUT2D eigenvalue weighted by Crippen LogP contribution is 2.16. The molecule has 0 atom stereocenters. The van der Waals surface area contributed by atoms with Crippen LogP contribution in [0, 0.1) is 5.82 Å². The van der Waals surface area contributed by atoms with Gasteiger partial charge in [0.2, 0.25) is 0 Å². The lowest BCUT2D eigenvalue weighted by Crippen LogP contribution is -2.12. The third-order valence-electron chi connectivity index (χ3n) is 3.68. The highest BCUT2D eigenvalue weighted by atomic mass is 19.1. The van der Waals surface area contributed by atoms with Crippen molar-refractivity contribution in [3.8, 4) is 0 Å². The molecule has 0 radical (unpaired) electrons. The first-order valence-corrected chi connectivity index (χ1v) is 7.60. The van der Waals surface area contributed by atoms with Gasteiger partial charge in [-0.25, -0.2) is 4.39 Å². The Hall–Kier alpha value is -3.47. The van der Waals surface area contributed by atoms with E-state index >= 15 is 0 Å².